The number of hydrogen-bond acceptors (Lipinski definition) is 4. The number of nitrogens with one attached hydrogen (secondary N) is 2. The number of amides is 2. The lowest BCUT2D eigenvalue weighted by Gasteiger charge is -2.32. The van der Waals surface area contributed by atoms with Gasteiger partial charge in [-0.3, -0.25) is 14.4 Å². The molecule has 2 amide bonds. The van der Waals surface area contributed by atoms with Crippen LogP contribution in [-0.4, -0.2) is 42.6 Å². The summed E-state index contributed by atoms with van der Waals surface area (Å²) in [5.74, 6) is -1.24. The lowest BCUT2D eigenvalue weighted by molar-refractivity contribution is -0.146. The lowest BCUT2D eigenvalue weighted by atomic mass is 9.80. The van der Waals surface area contributed by atoms with E-state index in [0.717, 1.165) is 0 Å². The van der Waals surface area contributed by atoms with Crippen molar-refractivity contribution in [2.45, 2.75) is 18.9 Å². The average Bonchev–Trinajstić information content (AvgIpc) is 2.47. The highest BCUT2D eigenvalue weighted by atomic mass is 16.5. The molecular weight excluding hydrogens is 288 g/mol. The van der Waals surface area contributed by atoms with Gasteiger partial charge in [-0.25, -0.2) is 0 Å². The van der Waals surface area contributed by atoms with Crippen molar-refractivity contribution in [3.8, 4) is 5.75 Å². The van der Waals surface area contributed by atoms with Crippen LogP contribution in [0.25, 0.3) is 0 Å². The number of carboxylic acid groups (broad SMARTS) is 1. The molecule has 1 aliphatic carbocycles. The molecule has 0 heterocycles. The molecule has 0 aromatic heterocycles. The summed E-state index contributed by atoms with van der Waals surface area (Å²) in [6, 6.07) is 6.42. The van der Waals surface area contributed by atoms with Crippen molar-refractivity contribution < 1.29 is 24.2 Å². The van der Waals surface area contributed by atoms with Crippen molar-refractivity contribution in [2.75, 3.05) is 13.7 Å². The molecule has 0 radical (unpaired) electrons. The Bertz CT molecular complexity index is 564. The molecule has 0 saturated heterocycles. The Balaban J connectivity index is 1.71. The number of carboxylic acids is 1. The van der Waals surface area contributed by atoms with Crippen molar-refractivity contribution in [3.05, 3.63) is 29.8 Å². The van der Waals surface area contributed by atoms with Crippen LogP contribution >= 0.6 is 0 Å². The van der Waals surface area contributed by atoms with E-state index in [0.29, 0.717) is 24.2 Å². The first-order valence-corrected chi connectivity index (χ1v) is 6.94. The van der Waals surface area contributed by atoms with Crippen molar-refractivity contribution >= 4 is 17.8 Å². The Morgan fingerprint density at radius 2 is 1.86 bits per heavy atom. The molecule has 7 heteroatoms. The molecule has 0 aliphatic heterocycles. The summed E-state index contributed by atoms with van der Waals surface area (Å²) >= 11 is 0. The minimum absolute atomic E-state index is 0.119. The van der Waals surface area contributed by atoms with E-state index in [2.05, 4.69) is 10.6 Å². The Morgan fingerprint density at radius 1 is 1.23 bits per heavy atom. The van der Waals surface area contributed by atoms with Crippen LogP contribution in [0, 0.1) is 5.92 Å². The molecular formula is C15H18N2O5. The van der Waals surface area contributed by atoms with Gasteiger partial charge in [0.25, 0.3) is 5.91 Å². The number of hydrogen-bond donors (Lipinski definition) is 3. The first kappa shape index (κ1) is 15.8. The summed E-state index contributed by atoms with van der Waals surface area (Å²) in [6.45, 7) is -0.140. The topological polar surface area (TPSA) is 105 Å². The maximum atomic E-state index is 11.8. The number of methoxy groups -OCH3 is 1. The zero-order valence-electron chi connectivity index (χ0n) is 12.2. The zero-order chi connectivity index (χ0) is 16.1. The normalized spacial score (nSPS) is 19.7. The first-order valence-electron chi connectivity index (χ1n) is 6.94. The molecule has 0 unspecified atom stereocenters. The van der Waals surface area contributed by atoms with Crippen molar-refractivity contribution in [1.29, 1.82) is 0 Å². The van der Waals surface area contributed by atoms with Crippen LogP contribution in [0.3, 0.4) is 0 Å². The molecule has 1 aromatic rings. The van der Waals surface area contributed by atoms with Crippen LogP contribution in [0.1, 0.15) is 23.2 Å². The van der Waals surface area contributed by atoms with Crippen LogP contribution in [-0.2, 0) is 9.59 Å². The lowest BCUT2D eigenvalue weighted by Crippen LogP contribution is -2.49. The van der Waals surface area contributed by atoms with Crippen LogP contribution in [0.2, 0.25) is 0 Å². The van der Waals surface area contributed by atoms with Crippen LogP contribution in [0.5, 0.6) is 5.75 Å². The Hall–Kier alpha value is -2.57. The SMILES string of the molecule is COc1ccc(C(=O)NCC(=O)NC2CC(C(=O)O)C2)cc1. The standard InChI is InChI=1S/C15H18N2O5/c1-22-12-4-2-9(3-5-12)14(19)16-8-13(18)17-11-6-10(7-11)15(20)21/h2-5,10-11H,6-8H2,1H3,(H,16,19)(H,17,18)(H,20,21). The average molecular weight is 306 g/mol. The third-order valence-corrected chi connectivity index (χ3v) is 3.61. The number of benzene rings is 1. The minimum Gasteiger partial charge on any atom is -0.497 e. The second kappa shape index (κ2) is 6.93. The summed E-state index contributed by atoms with van der Waals surface area (Å²) in [7, 11) is 1.54. The molecule has 3 N–H and O–H groups in total. The second-order valence-electron chi connectivity index (χ2n) is 5.18. The van der Waals surface area contributed by atoms with Gasteiger partial charge in [0.05, 0.1) is 19.6 Å². The molecule has 0 atom stereocenters. The van der Waals surface area contributed by atoms with Gasteiger partial charge in [0.2, 0.25) is 5.91 Å². The van der Waals surface area contributed by atoms with Gasteiger partial charge in [0.1, 0.15) is 5.75 Å². The van der Waals surface area contributed by atoms with E-state index in [1.165, 1.54) is 7.11 Å². The summed E-state index contributed by atoms with van der Waals surface area (Å²) in [4.78, 5) is 34.2. The van der Waals surface area contributed by atoms with E-state index in [-0.39, 0.29) is 30.3 Å². The number of rotatable bonds is 6. The van der Waals surface area contributed by atoms with Gasteiger partial charge in [-0.05, 0) is 37.1 Å². The van der Waals surface area contributed by atoms with Crippen molar-refractivity contribution in [2.24, 2.45) is 5.92 Å². The van der Waals surface area contributed by atoms with Gasteiger partial charge in [0.15, 0.2) is 0 Å². The van der Waals surface area contributed by atoms with Crippen LogP contribution in [0.4, 0.5) is 0 Å². The van der Waals surface area contributed by atoms with Gasteiger partial charge in [0, 0.05) is 11.6 Å². The maximum Gasteiger partial charge on any atom is 0.306 e. The fourth-order valence-corrected chi connectivity index (χ4v) is 2.22. The highest BCUT2D eigenvalue weighted by molar-refractivity contribution is 5.96. The summed E-state index contributed by atoms with van der Waals surface area (Å²) in [6.07, 6.45) is 0.876. The second-order valence-corrected chi connectivity index (χ2v) is 5.18. The van der Waals surface area contributed by atoms with Crippen molar-refractivity contribution in [3.63, 3.8) is 0 Å². The zero-order valence-corrected chi connectivity index (χ0v) is 12.2. The van der Waals surface area contributed by atoms with E-state index >= 15 is 0 Å². The molecule has 2 rings (SSSR count). The first-order chi connectivity index (χ1) is 10.5. The summed E-state index contributed by atoms with van der Waals surface area (Å²) in [5, 5.41) is 14.0. The Labute approximate surface area is 127 Å². The van der Waals surface area contributed by atoms with Gasteiger partial charge >= 0.3 is 5.97 Å². The summed E-state index contributed by atoms with van der Waals surface area (Å²) in [5.41, 5.74) is 0.434. The predicted octanol–water partition coefficient (Wildman–Crippen LogP) is 0.404. The third kappa shape index (κ3) is 3.97. The highest BCUT2D eigenvalue weighted by Gasteiger charge is 2.35. The molecule has 1 aliphatic rings. The predicted molar refractivity (Wildman–Crippen MR) is 77.6 cm³/mol. The molecule has 1 fully saturated rings. The van der Waals surface area contributed by atoms with Gasteiger partial charge in [-0.1, -0.05) is 0 Å². The van der Waals surface area contributed by atoms with Crippen LogP contribution in [0.15, 0.2) is 24.3 Å². The van der Waals surface area contributed by atoms with E-state index in [1.54, 1.807) is 24.3 Å². The molecule has 22 heavy (non-hydrogen) atoms. The Kier molecular flexibility index (Phi) is 4.98. The quantitative estimate of drug-likeness (QED) is 0.706. The largest absolute Gasteiger partial charge is 0.497 e. The summed E-state index contributed by atoms with van der Waals surface area (Å²) < 4.78 is 5.00. The number of ether oxygens (including phenoxy) is 1. The van der Waals surface area contributed by atoms with E-state index in [9.17, 15) is 14.4 Å². The fourth-order valence-electron chi connectivity index (χ4n) is 2.22. The molecule has 0 spiro atoms. The van der Waals surface area contributed by atoms with E-state index in [4.69, 9.17) is 9.84 Å². The minimum atomic E-state index is -0.835. The monoisotopic (exact) mass is 306 g/mol. The smallest absolute Gasteiger partial charge is 0.306 e. The maximum absolute atomic E-state index is 11.8. The third-order valence-electron chi connectivity index (χ3n) is 3.61. The molecule has 7 nitrogen and oxygen atoms in total. The van der Waals surface area contributed by atoms with E-state index in [1.807, 2.05) is 0 Å². The fraction of sp³-hybridized carbons (Fsp3) is 0.400. The molecule has 1 aromatic carbocycles. The van der Waals surface area contributed by atoms with Gasteiger partial charge in [-0.15, -0.1) is 0 Å². The van der Waals surface area contributed by atoms with Crippen molar-refractivity contribution in [1.82, 2.24) is 10.6 Å². The Morgan fingerprint density at radius 3 is 2.41 bits per heavy atom. The highest BCUT2D eigenvalue weighted by Crippen LogP contribution is 2.27. The molecule has 1 saturated carbocycles. The van der Waals surface area contributed by atoms with Gasteiger partial charge in [-0.2, -0.15) is 0 Å². The molecule has 118 valence electrons. The number of carbonyl (C=O) groups is 3. The number of carbonyl (C=O) groups excluding carboxylic acids is 2. The van der Waals surface area contributed by atoms with E-state index < -0.39 is 5.97 Å². The molecule has 0 bridgehead atoms. The number of aliphatic carboxylic acids is 1. The van der Waals surface area contributed by atoms with Gasteiger partial charge < -0.3 is 20.5 Å². The van der Waals surface area contributed by atoms with Crippen LogP contribution < -0.4 is 15.4 Å².